The molecule has 4 heterocycles. The van der Waals surface area contributed by atoms with Gasteiger partial charge in [0.05, 0.1) is 30.3 Å². The fraction of sp³-hybridized carbons (Fsp3) is 0.389. The van der Waals surface area contributed by atoms with Crippen LogP contribution in [0, 0.1) is 0 Å². The maximum absolute atomic E-state index is 12.3. The number of aromatic nitrogens is 6. The predicted octanol–water partition coefficient (Wildman–Crippen LogP) is 2.24. The average molecular weight is 382 g/mol. The van der Waals surface area contributed by atoms with Gasteiger partial charge in [-0.25, -0.2) is 19.3 Å². The van der Waals surface area contributed by atoms with E-state index in [1.807, 2.05) is 40.1 Å². The highest BCUT2D eigenvalue weighted by atomic mass is 16.6. The first kappa shape index (κ1) is 18.0. The van der Waals surface area contributed by atoms with E-state index in [-0.39, 0.29) is 6.09 Å². The third-order valence-corrected chi connectivity index (χ3v) is 4.13. The molecule has 1 N–H and O–H groups in total. The summed E-state index contributed by atoms with van der Waals surface area (Å²) in [5.41, 5.74) is 2.52. The van der Waals surface area contributed by atoms with E-state index in [2.05, 4.69) is 20.5 Å². The van der Waals surface area contributed by atoms with Gasteiger partial charge < -0.3 is 15.0 Å². The first-order valence-corrected chi connectivity index (χ1v) is 8.92. The van der Waals surface area contributed by atoms with E-state index in [1.54, 1.807) is 26.5 Å². The Morgan fingerprint density at radius 1 is 1.25 bits per heavy atom. The zero-order valence-electron chi connectivity index (χ0n) is 16.2. The van der Waals surface area contributed by atoms with Crippen LogP contribution in [-0.2, 0) is 11.8 Å². The highest BCUT2D eigenvalue weighted by molar-refractivity contribution is 5.78. The summed E-state index contributed by atoms with van der Waals surface area (Å²) in [5.74, 6) is 0.569. The molecule has 0 unspecified atom stereocenters. The van der Waals surface area contributed by atoms with Crippen molar-refractivity contribution in [3.8, 4) is 0 Å². The number of nitrogens with zero attached hydrogens (tertiary/aromatic N) is 7. The molecule has 10 heteroatoms. The Labute approximate surface area is 161 Å². The van der Waals surface area contributed by atoms with Crippen LogP contribution in [0.4, 0.5) is 16.3 Å². The van der Waals surface area contributed by atoms with Crippen molar-refractivity contribution in [2.45, 2.75) is 26.4 Å². The Bertz CT molecular complexity index is 1060. The van der Waals surface area contributed by atoms with Gasteiger partial charge in [0.15, 0.2) is 11.5 Å². The molecule has 0 bridgehead atoms. The number of amides is 1. The summed E-state index contributed by atoms with van der Waals surface area (Å²) in [6, 6.07) is 0. The Morgan fingerprint density at radius 2 is 2.07 bits per heavy atom. The summed E-state index contributed by atoms with van der Waals surface area (Å²) in [5, 5.41) is 11.6. The fourth-order valence-corrected chi connectivity index (χ4v) is 2.90. The molecule has 0 radical (unpaired) electrons. The number of fused-ring (bicyclic) bond motifs is 1. The molecule has 28 heavy (non-hydrogen) atoms. The molecule has 0 spiro atoms. The van der Waals surface area contributed by atoms with Crippen molar-refractivity contribution in [3.63, 3.8) is 0 Å². The van der Waals surface area contributed by atoms with Gasteiger partial charge in [0.1, 0.15) is 11.9 Å². The van der Waals surface area contributed by atoms with Crippen molar-refractivity contribution in [1.82, 2.24) is 34.3 Å². The molecular weight excluding hydrogens is 360 g/mol. The topological polar surface area (TPSA) is 102 Å². The van der Waals surface area contributed by atoms with Crippen molar-refractivity contribution in [2.75, 3.05) is 18.4 Å². The summed E-state index contributed by atoms with van der Waals surface area (Å²) in [6.07, 6.45) is 8.48. The lowest BCUT2D eigenvalue weighted by Gasteiger charge is -2.24. The average Bonchev–Trinajstić information content (AvgIpc) is 3.33. The second-order valence-corrected chi connectivity index (χ2v) is 7.62. The number of carbonyl (C=O) groups excluding carboxylic acids is 1. The molecule has 0 atom stereocenters. The molecule has 3 aromatic rings. The number of aryl methyl sites for hydroxylation is 1. The molecule has 0 saturated carbocycles. The summed E-state index contributed by atoms with van der Waals surface area (Å²) < 4.78 is 8.82. The normalized spacial score (nSPS) is 14.4. The van der Waals surface area contributed by atoms with Gasteiger partial charge in [0, 0.05) is 19.8 Å². The SMILES string of the molecule is Cn1cc(Nc2nc(C3=CCN(C(=O)OC(C)(C)C)C3)cn3ncnc23)cn1. The molecule has 1 aliphatic heterocycles. The van der Waals surface area contributed by atoms with Crippen LogP contribution in [0.2, 0.25) is 0 Å². The summed E-state index contributed by atoms with van der Waals surface area (Å²) in [4.78, 5) is 22.9. The van der Waals surface area contributed by atoms with Crippen LogP contribution in [0.25, 0.3) is 11.2 Å². The zero-order chi connectivity index (χ0) is 19.9. The quantitative estimate of drug-likeness (QED) is 0.741. The highest BCUT2D eigenvalue weighted by Crippen LogP contribution is 2.25. The molecule has 1 amide bonds. The lowest BCUT2D eigenvalue weighted by Crippen LogP contribution is -2.35. The molecule has 0 aromatic carbocycles. The predicted molar refractivity (Wildman–Crippen MR) is 103 cm³/mol. The van der Waals surface area contributed by atoms with Crippen LogP contribution >= 0.6 is 0 Å². The molecule has 0 aliphatic carbocycles. The number of rotatable bonds is 3. The maximum Gasteiger partial charge on any atom is 0.410 e. The highest BCUT2D eigenvalue weighted by Gasteiger charge is 2.26. The number of ether oxygens (including phenoxy) is 1. The van der Waals surface area contributed by atoms with E-state index in [4.69, 9.17) is 9.72 Å². The molecular formula is C18H22N8O2. The van der Waals surface area contributed by atoms with Gasteiger partial charge >= 0.3 is 6.09 Å². The van der Waals surface area contributed by atoms with Gasteiger partial charge in [-0.15, -0.1) is 0 Å². The van der Waals surface area contributed by atoms with Crippen molar-refractivity contribution in [3.05, 3.63) is 36.7 Å². The zero-order valence-corrected chi connectivity index (χ0v) is 16.2. The van der Waals surface area contributed by atoms with E-state index < -0.39 is 5.60 Å². The van der Waals surface area contributed by atoms with Crippen molar-refractivity contribution in [2.24, 2.45) is 7.05 Å². The van der Waals surface area contributed by atoms with Gasteiger partial charge in [0.25, 0.3) is 0 Å². The number of hydrogen-bond acceptors (Lipinski definition) is 7. The molecule has 4 rings (SSSR count). The Kier molecular flexibility index (Phi) is 4.25. The van der Waals surface area contributed by atoms with Crippen molar-refractivity contribution >= 4 is 28.8 Å². The van der Waals surface area contributed by atoms with Gasteiger partial charge in [-0.1, -0.05) is 6.08 Å². The van der Waals surface area contributed by atoms with E-state index in [0.717, 1.165) is 17.0 Å². The third-order valence-electron chi connectivity index (χ3n) is 4.13. The largest absolute Gasteiger partial charge is 0.444 e. The maximum atomic E-state index is 12.3. The standard InChI is InChI=1S/C18H22N8O2/c1-18(2,3)28-17(27)25-6-5-12(8-25)14-10-26-16(19-11-21-26)15(23-14)22-13-7-20-24(4)9-13/h5,7,9-11H,6,8H2,1-4H3,(H,22,23). The van der Waals surface area contributed by atoms with Crippen LogP contribution in [0.1, 0.15) is 26.5 Å². The molecule has 3 aromatic heterocycles. The summed E-state index contributed by atoms with van der Waals surface area (Å²) in [7, 11) is 1.84. The minimum Gasteiger partial charge on any atom is -0.444 e. The number of nitrogens with one attached hydrogen (secondary N) is 1. The lowest BCUT2D eigenvalue weighted by atomic mass is 10.2. The van der Waals surface area contributed by atoms with Crippen LogP contribution < -0.4 is 5.32 Å². The van der Waals surface area contributed by atoms with Gasteiger partial charge in [-0.2, -0.15) is 10.2 Å². The van der Waals surface area contributed by atoms with E-state index in [1.165, 1.54) is 6.33 Å². The molecule has 146 valence electrons. The molecule has 10 nitrogen and oxygen atoms in total. The van der Waals surface area contributed by atoms with E-state index in [9.17, 15) is 4.79 Å². The minimum atomic E-state index is -0.529. The Hall–Kier alpha value is -3.43. The van der Waals surface area contributed by atoms with Gasteiger partial charge in [-0.05, 0) is 26.3 Å². The van der Waals surface area contributed by atoms with Crippen molar-refractivity contribution in [1.29, 1.82) is 0 Å². The van der Waals surface area contributed by atoms with Crippen molar-refractivity contribution < 1.29 is 9.53 Å². The summed E-state index contributed by atoms with van der Waals surface area (Å²) in [6.45, 7) is 6.46. The van der Waals surface area contributed by atoms with E-state index >= 15 is 0 Å². The Morgan fingerprint density at radius 3 is 2.79 bits per heavy atom. The van der Waals surface area contributed by atoms with E-state index in [0.29, 0.717) is 24.6 Å². The molecule has 0 fully saturated rings. The summed E-state index contributed by atoms with van der Waals surface area (Å²) >= 11 is 0. The molecule has 1 aliphatic rings. The number of hydrogen-bond donors (Lipinski definition) is 1. The molecule has 0 saturated heterocycles. The number of carbonyl (C=O) groups is 1. The van der Waals surface area contributed by atoms with Crippen LogP contribution in [0.3, 0.4) is 0 Å². The van der Waals surface area contributed by atoms with Crippen LogP contribution in [0.5, 0.6) is 0 Å². The number of anilines is 2. The van der Waals surface area contributed by atoms with Crippen LogP contribution in [-0.4, -0.2) is 59.0 Å². The second kappa shape index (κ2) is 6.63. The lowest BCUT2D eigenvalue weighted by molar-refractivity contribution is 0.0306. The van der Waals surface area contributed by atoms with Gasteiger partial charge in [0.2, 0.25) is 0 Å². The Balaban J connectivity index is 1.58. The van der Waals surface area contributed by atoms with Gasteiger partial charge in [-0.3, -0.25) is 4.68 Å². The monoisotopic (exact) mass is 382 g/mol. The third kappa shape index (κ3) is 3.66. The second-order valence-electron chi connectivity index (χ2n) is 7.62. The first-order valence-electron chi connectivity index (χ1n) is 8.92. The first-order chi connectivity index (χ1) is 13.3. The minimum absolute atomic E-state index is 0.339. The van der Waals surface area contributed by atoms with Crippen LogP contribution in [0.15, 0.2) is 31.0 Å². The fourth-order valence-electron chi connectivity index (χ4n) is 2.90. The smallest absolute Gasteiger partial charge is 0.410 e.